The first-order valence-corrected chi connectivity index (χ1v) is 5.82. The molecule has 82 valence electrons. The van der Waals surface area contributed by atoms with Crippen LogP contribution < -0.4 is 0 Å². The lowest BCUT2D eigenvalue weighted by molar-refractivity contribution is -0.156. The van der Waals surface area contributed by atoms with Crippen LogP contribution in [0.15, 0.2) is 0 Å². The third-order valence-corrected chi connectivity index (χ3v) is 2.54. The summed E-state index contributed by atoms with van der Waals surface area (Å²) in [5, 5.41) is 8.58. The van der Waals surface area contributed by atoms with Gasteiger partial charge in [-0.25, -0.2) is 8.42 Å². The molecule has 0 radical (unpaired) electrons. The molecule has 0 aromatic carbocycles. The first-order valence-electron chi connectivity index (χ1n) is 3.76. The fraction of sp³-hybridized carbons (Fsp3) is 0.714. The molecule has 1 unspecified atom stereocenters. The molecule has 0 saturated heterocycles. The molecule has 0 aliphatic carbocycles. The third-order valence-electron chi connectivity index (χ3n) is 1.56. The van der Waals surface area contributed by atoms with E-state index in [1.54, 1.807) is 0 Å². The number of carbonyl (C=O) groups excluding carboxylic acids is 1. The number of sulfone groups is 1. The molecule has 0 amide bonds. The summed E-state index contributed by atoms with van der Waals surface area (Å²) in [4.78, 5) is 21.4. The van der Waals surface area contributed by atoms with Gasteiger partial charge in [-0.1, -0.05) is 0 Å². The van der Waals surface area contributed by atoms with Gasteiger partial charge in [-0.05, 0) is 6.42 Å². The number of rotatable bonds is 5. The van der Waals surface area contributed by atoms with E-state index in [0.717, 1.165) is 13.4 Å². The molecule has 0 heterocycles. The van der Waals surface area contributed by atoms with Gasteiger partial charge in [0.25, 0.3) is 0 Å². The molecule has 1 N–H and O–H groups in total. The molecule has 0 aromatic rings. The molecule has 0 rings (SSSR count). The van der Waals surface area contributed by atoms with Gasteiger partial charge < -0.3 is 9.84 Å². The molecular weight excluding hydrogens is 212 g/mol. The van der Waals surface area contributed by atoms with Gasteiger partial charge in [0, 0.05) is 6.26 Å². The first kappa shape index (κ1) is 12.9. The van der Waals surface area contributed by atoms with Crippen LogP contribution in [0.5, 0.6) is 0 Å². The van der Waals surface area contributed by atoms with E-state index in [9.17, 15) is 18.0 Å². The van der Waals surface area contributed by atoms with Gasteiger partial charge in [-0.15, -0.1) is 0 Å². The van der Waals surface area contributed by atoms with Gasteiger partial charge in [0.15, 0.2) is 5.92 Å². The van der Waals surface area contributed by atoms with Crippen molar-refractivity contribution in [2.45, 2.75) is 6.42 Å². The predicted molar refractivity (Wildman–Crippen MR) is 47.5 cm³/mol. The number of esters is 1. The van der Waals surface area contributed by atoms with Crippen molar-refractivity contribution in [2.24, 2.45) is 5.92 Å². The van der Waals surface area contributed by atoms with Gasteiger partial charge in [0.1, 0.15) is 9.84 Å². The predicted octanol–water partition coefficient (Wildman–Crippen LogP) is -0.705. The maximum Gasteiger partial charge on any atom is 0.320 e. The summed E-state index contributed by atoms with van der Waals surface area (Å²) in [5.74, 6) is -4.06. The van der Waals surface area contributed by atoms with Gasteiger partial charge in [-0.2, -0.15) is 0 Å². The maximum atomic E-state index is 10.9. The Hall–Kier alpha value is -1.11. The molecule has 0 bridgehead atoms. The number of aliphatic carboxylic acids is 1. The Balaban J connectivity index is 4.41. The standard InChI is InChI=1S/C7H12O6S/c1-13-7(10)5(6(8)9)3-4-14(2,11)12/h5H,3-4H2,1-2H3,(H,8,9). The Bertz CT molecular complexity index is 317. The SMILES string of the molecule is COC(=O)C(CCS(C)(=O)=O)C(=O)O. The van der Waals surface area contributed by atoms with Crippen LogP contribution in [0.25, 0.3) is 0 Å². The van der Waals surface area contributed by atoms with E-state index in [0.29, 0.717) is 0 Å². The summed E-state index contributed by atoms with van der Waals surface area (Å²) in [6.07, 6.45) is 0.712. The smallest absolute Gasteiger partial charge is 0.320 e. The van der Waals surface area contributed by atoms with Crippen molar-refractivity contribution in [3.63, 3.8) is 0 Å². The summed E-state index contributed by atoms with van der Waals surface area (Å²) in [5.41, 5.74) is 0. The lowest BCUT2D eigenvalue weighted by atomic mass is 10.1. The second-order valence-corrected chi connectivity index (χ2v) is 5.09. The lowest BCUT2D eigenvalue weighted by Crippen LogP contribution is -2.27. The highest BCUT2D eigenvalue weighted by atomic mass is 32.2. The largest absolute Gasteiger partial charge is 0.481 e. The van der Waals surface area contributed by atoms with Crippen LogP contribution in [0.2, 0.25) is 0 Å². The minimum atomic E-state index is -3.27. The summed E-state index contributed by atoms with van der Waals surface area (Å²) >= 11 is 0. The van der Waals surface area contributed by atoms with Crippen LogP contribution in [0, 0.1) is 5.92 Å². The summed E-state index contributed by atoms with van der Waals surface area (Å²) in [7, 11) is -2.21. The highest BCUT2D eigenvalue weighted by Crippen LogP contribution is 2.07. The zero-order valence-corrected chi connectivity index (χ0v) is 8.70. The Morgan fingerprint density at radius 1 is 1.43 bits per heavy atom. The van der Waals surface area contributed by atoms with Gasteiger partial charge in [0.05, 0.1) is 12.9 Å². The molecule has 0 spiro atoms. The van der Waals surface area contributed by atoms with Crippen LogP contribution in [-0.2, 0) is 24.2 Å². The number of carboxylic acid groups (broad SMARTS) is 1. The number of hydrogen-bond acceptors (Lipinski definition) is 5. The highest BCUT2D eigenvalue weighted by Gasteiger charge is 2.27. The quantitative estimate of drug-likeness (QED) is 0.489. The summed E-state index contributed by atoms with van der Waals surface area (Å²) in [6, 6.07) is 0. The molecule has 14 heavy (non-hydrogen) atoms. The molecule has 0 aliphatic heterocycles. The Kier molecular flexibility index (Phi) is 4.55. The van der Waals surface area contributed by atoms with Crippen LogP contribution >= 0.6 is 0 Å². The van der Waals surface area contributed by atoms with E-state index in [1.807, 2.05) is 0 Å². The number of methoxy groups -OCH3 is 1. The van der Waals surface area contributed by atoms with Crippen molar-refractivity contribution < 1.29 is 27.9 Å². The van der Waals surface area contributed by atoms with E-state index in [-0.39, 0.29) is 12.2 Å². The third kappa shape index (κ3) is 4.80. The average molecular weight is 224 g/mol. The second-order valence-electron chi connectivity index (χ2n) is 2.83. The maximum absolute atomic E-state index is 10.9. The van der Waals surface area contributed by atoms with Crippen LogP contribution in [0.3, 0.4) is 0 Å². The molecule has 0 aromatic heterocycles. The molecule has 0 saturated carbocycles. The number of carbonyl (C=O) groups is 2. The van der Waals surface area contributed by atoms with Crippen molar-refractivity contribution >= 4 is 21.8 Å². The van der Waals surface area contributed by atoms with E-state index >= 15 is 0 Å². The molecule has 6 nitrogen and oxygen atoms in total. The van der Waals surface area contributed by atoms with E-state index in [1.165, 1.54) is 0 Å². The highest BCUT2D eigenvalue weighted by molar-refractivity contribution is 7.90. The Morgan fingerprint density at radius 3 is 2.21 bits per heavy atom. The van der Waals surface area contributed by atoms with E-state index in [2.05, 4.69) is 4.74 Å². The fourth-order valence-electron chi connectivity index (χ4n) is 0.816. The Labute approximate surface area is 81.8 Å². The fourth-order valence-corrected chi connectivity index (χ4v) is 1.48. The molecular formula is C7H12O6S. The second kappa shape index (κ2) is 4.94. The molecule has 0 fully saturated rings. The van der Waals surface area contributed by atoms with Crippen molar-refractivity contribution in [3.05, 3.63) is 0 Å². The Morgan fingerprint density at radius 2 is 1.93 bits per heavy atom. The summed E-state index contributed by atoms with van der Waals surface area (Å²) in [6.45, 7) is 0. The number of ether oxygens (including phenoxy) is 1. The molecule has 7 heteroatoms. The van der Waals surface area contributed by atoms with Gasteiger partial charge >= 0.3 is 11.9 Å². The van der Waals surface area contributed by atoms with Crippen LogP contribution in [0.4, 0.5) is 0 Å². The topological polar surface area (TPSA) is 97.7 Å². The minimum Gasteiger partial charge on any atom is -0.481 e. The summed E-state index contributed by atoms with van der Waals surface area (Å²) < 4.78 is 25.7. The normalized spacial score (nSPS) is 13.3. The van der Waals surface area contributed by atoms with Crippen molar-refractivity contribution in [1.29, 1.82) is 0 Å². The number of carboxylic acids is 1. The molecule has 0 aliphatic rings. The van der Waals surface area contributed by atoms with Crippen LogP contribution in [0.1, 0.15) is 6.42 Å². The minimum absolute atomic E-state index is 0.263. The average Bonchev–Trinajstić information content (AvgIpc) is 2.01. The zero-order valence-electron chi connectivity index (χ0n) is 7.89. The number of hydrogen-bond donors (Lipinski definition) is 1. The first-order chi connectivity index (χ1) is 6.28. The lowest BCUT2D eigenvalue weighted by Gasteiger charge is -2.08. The van der Waals surface area contributed by atoms with E-state index < -0.39 is 27.7 Å². The van der Waals surface area contributed by atoms with Crippen molar-refractivity contribution in [3.8, 4) is 0 Å². The van der Waals surface area contributed by atoms with Gasteiger partial charge in [0.2, 0.25) is 0 Å². The van der Waals surface area contributed by atoms with Crippen molar-refractivity contribution in [1.82, 2.24) is 0 Å². The van der Waals surface area contributed by atoms with Crippen molar-refractivity contribution in [2.75, 3.05) is 19.1 Å². The van der Waals surface area contributed by atoms with Gasteiger partial charge in [-0.3, -0.25) is 9.59 Å². The monoisotopic (exact) mass is 224 g/mol. The van der Waals surface area contributed by atoms with E-state index in [4.69, 9.17) is 5.11 Å². The van der Waals surface area contributed by atoms with Crippen LogP contribution in [-0.4, -0.2) is 44.6 Å². The molecule has 1 atom stereocenters. The zero-order chi connectivity index (χ0) is 11.4.